The van der Waals surface area contributed by atoms with Crippen LogP contribution in [0.15, 0.2) is 60.9 Å². The van der Waals surface area contributed by atoms with Crippen LogP contribution in [0.4, 0.5) is 0 Å². The van der Waals surface area contributed by atoms with Gasteiger partial charge in [0, 0.05) is 13.1 Å². The molecule has 0 saturated carbocycles. The predicted molar refractivity (Wildman–Crippen MR) is 144 cm³/mol. The van der Waals surface area contributed by atoms with Crippen LogP contribution in [-0.2, 0) is 0 Å². The van der Waals surface area contributed by atoms with Gasteiger partial charge in [0.05, 0.1) is 35.9 Å². The Hall–Kier alpha value is -2.36. The molecule has 2 saturated heterocycles. The minimum atomic E-state index is 0.375. The lowest BCUT2D eigenvalue weighted by atomic mass is 10.0. The van der Waals surface area contributed by atoms with E-state index in [9.17, 15) is 0 Å². The molecule has 4 atom stereocenters. The zero-order valence-corrected chi connectivity index (χ0v) is 21.4. The van der Waals surface area contributed by atoms with Gasteiger partial charge in [0.1, 0.15) is 11.6 Å². The predicted octanol–water partition coefficient (Wildman–Crippen LogP) is 5.99. The van der Waals surface area contributed by atoms with Crippen molar-refractivity contribution in [1.29, 1.82) is 0 Å². The summed E-state index contributed by atoms with van der Waals surface area (Å²) in [5.74, 6) is 2.12. The largest absolute Gasteiger partial charge is 0.341 e. The first-order valence-corrected chi connectivity index (χ1v) is 13.0. The smallest absolute Gasteiger partial charge is 0.124 e. The number of benzene rings is 2. The second-order valence-corrected chi connectivity index (χ2v) is 10.6. The molecule has 0 spiro atoms. The number of aromatic amines is 2. The maximum Gasteiger partial charge on any atom is 0.124 e. The van der Waals surface area contributed by atoms with E-state index in [1.165, 1.54) is 24.0 Å². The normalized spacial score (nSPS) is 21.5. The molecule has 2 fully saturated rings. The van der Waals surface area contributed by atoms with Crippen LogP contribution in [0.5, 0.6) is 0 Å². The highest BCUT2D eigenvalue weighted by Gasteiger charge is 2.26. The van der Waals surface area contributed by atoms with Gasteiger partial charge >= 0.3 is 0 Å². The fourth-order valence-corrected chi connectivity index (χ4v) is 6.10. The summed E-state index contributed by atoms with van der Waals surface area (Å²) in [6, 6.07) is 18.2. The van der Waals surface area contributed by atoms with Crippen molar-refractivity contribution in [3.63, 3.8) is 0 Å². The third kappa shape index (κ3) is 4.25. The van der Waals surface area contributed by atoms with Gasteiger partial charge in [-0.3, -0.25) is 9.34 Å². The summed E-state index contributed by atoms with van der Waals surface area (Å²) in [7, 11) is 5.66. The summed E-state index contributed by atoms with van der Waals surface area (Å²) in [4.78, 5) is 16.4. The number of nitrogens with zero attached hydrogens (tertiary/aromatic N) is 4. The first kappa shape index (κ1) is 22.1. The van der Waals surface area contributed by atoms with Crippen LogP contribution in [0.2, 0.25) is 0 Å². The van der Waals surface area contributed by atoms with Crippen molar-refractivity contribution in [1.82, 2.24) is 29.3 Å². The van der Waals surface area contributed by atoms with Crippen molar-refractivity contribution in [2.24, 2.45) is 0 Å². The van der Waals surface area contributed by atoms with Crippen molar-refractivity contribution >= 4 is 18.8 Å². The summed E-state index contributed by atoms with van der Waals surface area (Å²) in [6.07, 6.45) is 8.66. The van der Waals surface area contributed by atoms with E-state index in [2.05, 4.69) is 96.6 Å². The number of H-pyrrole nitrogens is 2. The van der Waals surface area contributed by atoms with Gasteiger partial charge in [-0.2, -0.15) is 0 Å². The topological polar surface area (TPSA) is 63.8 Å². The lowest BCUT2D eigenvalue weighted by molar-refractivity contribution is 0.434. The summed E-state index contributed by atoms with van der Waals surface area (Å²) in [5.41, 5.74) is 6.88. The molecule has 174 valence electrons. The monoisotopic (exact) mass is 488 g/mol. The van der Waals surface area contributed by atoms with Crippen molar-refractivity contribution in [2.45, 2.75) is 37.8 Å². The van der Waals surface area contributed by atoms with E-state index in [0.717, 1.165) is 60.1 Å². The molecule has 2 N–H and O–H groups in total. The third-order valence-corrected chi connectivity index (χ3v) is 8.37. The highest BCUT2D eigenvalue weighted by Crippen LogP contribution is 2.35. The molecule has 8 heteroatoms. The Kier molecular flexibility index (Phi) is 6.09. The molecule has 2 aromatic heterocycles. The fourth-order valence-electron chi connectivity index (χ4n) is 5.16. The Morgan fingerprint density at radius 1 is 0.618 bits per heavy atom. The van der Waals surface area contributed by atoms with E-state index >= 15 is 0 Å². The van der Waals surface area contributed by atoms with Crippen LogP contribution in [0, 0.1) is 0 Å². The fraction of sp³-hybridized carbons (Fsp3) is 0.308. The van der Waals surface area contributed by atoms with E-state index in [1.807, 2.05) is 12.4 Å². The van der Waals surface area contributed by atoms with E-state index < -0.39 is 0 Å². The second-order valence-electron chi connectivity index (χ2n) is 9.31. The lowest BCUT2D eigenvalue weighted by Gasteiger charge is -2.16. The first-order valence-electron chi connectivity index (χ1n) is 12.0. The van der Waals surface area contributed by atoms with Crippen LogP contribution >= 0.6 is 18.8 Å². The summed E-state index contributed by atoms with van der Waals surface area (Å²) >= 11 is 0. The average Bonchev–Trinajstić information content (AvgIpc) is 3.66. The lowest BCUT2D eigenvalue weighted by Crippen LogP contribution is -2.12. The van der Waals surface area contributed by atoms with Crippen LogP contribution in [0.3, 0.4) is 0 Å². The van der Waals surface area contributed by atoms with Crippen molar-refractivity contribution in [3.05, 3.63) is 72.6 Å². The molecule has 0 bridgehead atoms. The third-order valence-electron chi connectivity index (χ3n) is 7.14. The quantitative estimate of drug-likeness (QED) is 0.339. The standard InChI is InChI=1S/C26H30N6P2/c33-31-13-1-3-23(31)25-27-15-21(29-25)19-9-5-17(6-10-19)18-7-11-20(12-8-18)22-16-28-26(30-22)24-4-2-14-32(24)34/h5-12,15-16,23-24H,1-4,13-14,33-34H2,(H,27,29)(H,28,30)/t23-,24?/m0/s1. The Balaban J connectivity index is 1.16. The molecular formula is C26H30N6P2. The second kappa shape index (κ2) is 9.36. The Bertz CT molecular complexity index is 1160. The van der Waals surface area contributed by atoms with Gasteiger partial charge < -0.3 is 9.97 Å². The molecule has 0 radical (unpaired) electrons. The number of nitrogens with one attached hydrogen (secondary N) is 2. The highest BCUT2D eigenvalue weighted by molar-refractivity contribution is 7.13. The average molecular weight is 489 g/mol. The molecule has 6 rings (SSSR count). The van der Waals surface area contributed by atoms with Gasteiger partial charge in [-0.15, -0.1) is 0 Å². The zero-order chi connectivity index (χ0) is 23.1. The van der Waals surface area contributed by atoms with Crippen LogP contribution < -0.4 is 0 Å². The van der Waals surface area contributed by atoms with Gasteiger partial charge in [0.15, 0.2) is 0 Å². The molecule has 4 heterocycles. The van der Waals surface area contributed by atoms with Gasteiger partial charge in [0.2, 0.25) is 0 Å². The summed E-state index contributed by atoms with van der Waals surface area (Å²) in [5, 5.41) is 0. The molecule has 0 amide bonds. The zero-order valence-electron chi connectivity index (χ0n) is 19.1. The van der Waals surface area contributed by atoms with Gasteiger partial charge in [-0.05, 0) is 47.9 Å². The molecule has 6 nitrogen and oxygen atoms in total. The molecule has 4 aromatic rings. The Morgan fingerprint density at radius 3 is 1.35 bits per heavy atom. The minimum absolute atomic E-state index is 0.375. The van der Waals surface area contributed by atoms with E-state index in [-0.39, 0.29) is 0 Å². The van der Waals surface area contributed by atoms with Crippen LogP contribution in [-0.4, -0.2) is 42.4 Å². The van der Waals surface area contributed by atoms with E-state index in [1.54, 1.807) is 0 Å². The maximum atomic E-state index is 4.65. The van der Waals surface area contributed by atoms with Crippen LogP contribution in [0.25, 0.3) is 33.6 Å². The van der Waals surface area contributed by atoms with Crippen molar-refractivity contribution < 1.29 is 0 Å². The molecular weight excluding hydrogens is 458 g/mol. The molecule has 2 aliphatic rings. The van der Waals surface area contributed by atoms with E-state index in [0.29, 0.717) is 12.1 Å². The highest BCUT2D eigenvalue weighted by atomic mass is 31.0. The first-order chi connectivity index (χ1) is 16.7. The number of rotatable bonds is 5. The SMILES string of the molecule is PN1CCCC1c1ncc(-c2ccc(-c3ccc(-c4cnc([C@@H]5CCCN5P)[nH]4)cc3)cc2)[nH]1. The van der Waals surface area contributed by atoms with Crippen molar-refractivity contribution in [3.8, 4) is 33.6 Å². The number of aromatic nitrogens is 4. The maximum absolute atomic E-state index is 4.65. The van der Waals surface area contributed by atoms with Crippen molar-refractivity contribution in [2.75, 3.05) is 13.1 Å². The minimum Gasteiger partial charge on any atom is -0.341 e. The van der Waals surface area contributed by atoms with E-state index in [4.69, 9.17) is 0 Å². The van der Waals surface area contributed by atoms with Crippen LogP contribution in [0.1, 0.15) is 49.4 Å². The van der Waals surface area contributed by atoms with Gasteiger partial charge in [0.25, 0.3) is 0 Å². The summed E-state index contributed by atoms with van der Waals surface area (Å²) < 4.78 is 4.59. The molecule has 34 heavy (non-hydrogen) atoms. The number of imidazole rings is 2. The Labute approximate surface area is 205 Å². The molecule has 2 aliphatic heterocycles. The molecule has 3 unspecified atom stereocenters. The number of hydrogen-bond donors (Lipinski definition) is 2. The summed E-state index contributed by atoms with van der Waals surface area (Å²) in [6.45, 7) is 2.22. The van der Waals surface area contributed by atoms with Gasteiger partial charge in [-0.25, -0.2) is 9.97 Å². The number of hydrogen-bond acceptors (Lipinski definition) is 4. The Morgan fingerprint density at radius 2 is 1.00 bits per heavy atom. The van der Waals surface area contributed by atoms with Gasteiger partial charge in [-0.1, -0.05) is 67.3 Å². The molecule has 2 aromatic carbocycles. The molecule has 0 aliphatic carbocycles.